The second kappa shape index (κ2) is 12.2. The molecule has 1 aliphatic heterocycles. The van der Waals surface area contributed by atoms with E-state index in [2.05, 4.69) is 5.32 Å². The van der Waals surface area contributed by atoms with Crippen LogP contribution in [0.3, 0.4) is 0 Å². The molecule has 0 spiro atoms. The van der Waals surface area contributed by atoms with E-state index >= 15 is 0 Å². The summed E-state index contributed by atoms with van der Waals surface area (Å²) in [7, 11) is 1.34. The molecule has 0 bridgehead atoms. The third-order valence-corrected chi connectivity index (χ3v) is 5.65. The first-order valence-electron chi connectivity index (χ1n) is 11.2. The molecule has 0 aromatic heterocycles. The number of ether oxygens (including phenoxy) is 3. The molecule has 1 heterocycles. The minimum atomic E-state index is -0.630. The van der Waals surface area contributed by atoms with Gasteiger partial charge in [0.2, 0.25) is 6.29 Å². The molecule has 2 aromatic rings. The molecule has 7 heteroatoms. The molecule has 2 aromatic carbocycles. The van der Waals surface area contributed by atoms with E-state index in [9.17, 15) is 14.7 Å². The molecule has 3 rings (SSSR count). The van der Waals surface area contributed by atoms with Crippen LogP contribution in [-0.2, 0) is 25.5 Å². The molecule has 1 aliphatic rings. The summed E-state index contributed by atoms with van der Waals surface area (Å²) in [4.78, 5) is 24.8. The molecule has 0 saturated carbocycles. The largest absolute Gasteiger partial charge is 0.465 e. The minimum absolute atomic E-state index is 0.0531. The molecule has 176 valence electrons. The maximum Gasteiger partial charge on any atom is 0.337 e. The smallest absolute Gasteiger partial charge is 0.337 e. The SMILES string of the molecule is CCO[C@H]1OC(C(=O)NCc2ccccc2)=C[C@@H](c2ccc(C(=O)OC)cc2)[C@@H]1CCCO. The van der Waals surface area contributed by atoms with Gasteiger partial charge in [-0.05, 0) is 49.1 Å². The topological polar surface area (TPSA) is 94.1 Å². The van der Waals surface area contributed by atoms with E-state index in [0.29, 0.717) is 31.6 Å². The number of carbonyl (C=O) groups excluding carboxylic acids is 2. The quantitative estimate of drug-likeness (QED) is 0.535. The number of carbonyl (C=O) groups is 2. The third kappa shape index (κ3) is 6.43. The summed E-state index contributed by atoms with van der Waals surface area (Å²) in [5.74, 6) is -0.820. The first-order chi connectivity index (χ1) is 16.1. The molecule has 3 atom stereocenters. The van der Waals surface area contributed by atoms with Gasteiger partial charge in [0.1, 0.15) is 0 Å². The number of nitrogens with one attached hydrogen (secondary N) is 1. The summed E-state index contributed by atoms with van der Waals surface area (Å²) in [5.41, 5.74) is 2.36. The monoisotopic (exact) mass is 453 g/mol. The number of aliphatic hydroxyl groups excluding tert-OH is 1. The first-order valence-corrected chi connectivity index (χ1v) is 11.2. The van der Waals surface area contributed by atoms with Gasteiger partial charge in [-0.15, -0.1) is 0 Å². The number of aliphatic hydroxyl groups is 1. The van der Waals surface area contributed by atoms with Gasteiger partial charge in [-0.1, -0.05) is 42.5 Å². The molecular formula is C26H31NO6. The van der Waals surface area contributed by atoms with Crippen molar-refractivity contribution in [3.05, 3.63) is 83.1 Å². The van der Waals surface area contributed by atoms with E-state index in [1.807, 2.05) is 55.5 Å². The Bertz CT molecular complexity index is 941. The van der Waals surface area contributed by atoms with E-state index in [-0.39, 0.29) is 30.1 Å². The van der Waals surface area contributed by atoms with Crippen molar-refractivity contribution in [1.29, 1.82) is 0 Å². The highest BCUT2D eigenvalue weighted by Crippen LogP contribution is 2.39. The standard InChI is InChI=1S/C26H31NO6/c1-3-32-26-21(10-7-15-28)22(19-11-13-20(14-12-19)25(30)31-2)16-23(33-26)24(29)27-17-18-8-5-4-6-9-18/h4-6,8-9,11-14,16,21-22,26,28H,3,7,10,15,17H2,1-2H3,(H,27,29)/t21-,22-,26-/m0/s1. The van der Waals surface area contributed by atoms with E-state index in [4.69, 9.17) is 14.2 Å². The Morgan fingerprint density at radius 3 is 2.45 bits per heavy atom. The Morgan fingerprint density at radius 1 is 1.09 bits per heavy atom. The molecule has 0 saturated heterocycles. The number of hydrogen-bond donors (Lipinski definition) is 2. The summed E-state index contributed by atoms with van der Waals surface area (Å²) in [6.45, 7) is 2.73. The first kappa shape index (κ1) is 24.5. The Balaban J connectivity index is 1.88. The van der Waals surface area contributed by atoms with Crippen molar-refractivity contribution in [3.63, 3.8) is 0 Å². The van der Waals surface area contributed by atoms with Crippen LogP contribution in [0, 0.1) is 5.92 Å². The number of allylic oxidation sites excluding steroid dienone is 1. The van der Waals surface area contributed by atoms with Gasteiger partial charge in [-0.25, -0.2) is 4.79 Å². The van der Waals surface area contributed by atoms with Gasteiger partial charge < -0.3 is 24.6 Å². The molecule has 0 fully saturated rings. The molecule has 0 aliphatic carbocycles. The fourth-order valence-electron chi connectivity index (χ4n) is 3.97. The van der Waals surface area contributed by atoms with E-state index < -0.39 is 12.3 Å². The van der Waals surface area contributed by atoms with Crippen LogP contribution < -0.4 is 5.32 Å². The zero-order valence-electron chi connectivity index (χ0n) is 19.0. The maximum atomic E-state index is 12.9. The van der Waals surface area contributed by atoms with Crippen LogP contribution in [0.4, 0.5) is 0 Å². The van der Waals surface area contributed by atoms with Gasteiger partial charge in [-0.2, -0.15) is 0 Å². The Labute approximate surface area is 194 Å². The summed E-state index contributed by atoms with van der Waals surface area (Å²) < 4.78 is 16.6. The molecule has 0 radical (unpaired) electrons. The van der Waals surface area contributed by atoms with Crippen molar-refractivity contribution < 1.29 is 28.9 Å². The normalized spacial score (nSPS) is 19.8. The second-order valence-electron chi connectivity index (χ2n) is 7.81. The lowest BCUT2D eigenvalue weighted by Gasteiger charge is -2.37. The highest BCUT2D eigenvalue weighted by molar-refractivity contribution is 5.92. The summed E-state index contributed by atoms with van der Waals surface area (Å²) in [6, 6.07) is 16.8. The predicted molar refractivity (Wildman–Crippen MR) is 123 cm³/mol. The van der Waals surface area contributed by atoms with Crippen LogP contribution in [0.1, 0.15) is 47.2 Å². The summed E-state index contributed by atoms with van der Waals surface area (Å²) >= 11 is 0. The van der Waals surface area contributed by atoms with E-state index in [1.165, 1.54) is 7.11 Å². The van der Waals surface area contributed by atoms with Gasteiger partial charge in [-0.3, -0.25) is 4.79 Å². The number of methoxy groups -OCH3 is 1. The van der Waals surface area contributed by atoms with Crippen LogP contribution in [0.15, 0.2) is 66.4 Å². The molecule has 7 nitrogen and oxygen atoms in total. The highest BCUT2D eigenvalue weighted by Gasteiger charge is 2.37. The van der Waals surface area contributed by atoms with E-state index in [0.717, 1.165) is 11.1 Å². The third-order valence-electron chi connectivity index (χ3n) is 5.65. The Morgan fingerprint density at radius 2 is 1.82 bits per heavy atom. The van der Waals surface area contributed by atoms with Crippen molar-refractivity contribution in [2.45, 2.75) is 38.5 Å². The van der Waals surface area contributed by atoms with Crippen molar-refractivity contribution in [3.8, 4) is 0 Å². The van der Waals surface area contributed by atoms with Crippen molar-refractivity contribution in [2.24, 2.45) is 5.92 Å². The minimum Gasteiger partial charge on any atom is -0.465 e. The molecule has 2 N–H and O–H groups in total. The lowest BCUT2D eigenvalue weighted by molar-refractivity contribution is -0.166. The molecular weight excluding hydrogens is 422 g/mol. The average molecular weight is 454 g/mol. The summed E-state index contributed by atoms with van der Waals surface area (Å²) in [5, 5.41) is 12.3. The van der Waals surface area contributed by atoms with Crippen molar-refractivity contribution in [2.75, 3.05) is 20.3 Å². The predicted octanol–water partition coefficient (Wildman–Crippen LogP) is 3.54. The van der Waals surface area contributed by atoms with Gasteiger partial charge in [0, 0.05) is 31.6 Å². The fourth-order valence-corrected chi connectivity index (χ4v) is 3.97. The Kier molecular flexibility index (Phi) is 9.04. The van der Waals surface area contributed by atoms with E-state index in [1.54, 1.807) is 12.1 Å². The number of amides is 1. The molecule has 33 heavy (non-hydrogen) atoms. The van der Waals surface area contributed by atoms with Crippen LogP contribution >= 0.6 is 0 Å². The number of benzene rings is 2. The number of esters is 1. The highest BCUT2D eigenvalue weighted by atomic mass is 16.7. The van der Waals surface area contributed by atoms with Crippen molar-refractivity contribution in [1.82, 2.24) is 5.32 Å². The van der Waals surface area contributed by atoms with Gasteiger partial charge in [0.25, 0.3) is 5.91 Å². The maximum absolute atomic E-state index is 12.9. The molecule has 1 amide bonds. The Hall–Kier alpha value is -3.16. The zero-order valence-corrected chi connectivity index (χ0v) is 19.0. The lowest BCUT2D eigenvalue weighted by atomic mass is 9.80. The van der Waals surface area contributed by atoms with Crippen molar-refractivity contribution >= 4 is 11.9 Å². The van der Waals surface area contributed by atoms with Crippen LogP contribution in [0.5, 0.6) is 0 Å². The van der Waals surface area contributed by atoms with Crippen LogP contribution in [0.2, 0.25) is 0 Å². The van der Waals surface area contributed by atoms with Crippen LogP contribution in [0.25, 0.3) is 0 Å². The number of hydrogen-bond acceptors (Lipinski definition) is 6. The molecule has 0 unspecified atom stereocenters. The van der Waals surface area contributed by atoms with Gasteiger partial charge in [0.15, 0.2) is 5.76 Å². The zero-order chi connectivity index (χ0) is 23.6. The van der Waals surface area contributed by atoms with Gasteiger partial charge in [0.05, 0.1) is 12.7 Å². The summed E-state index contributed by atoms with van der Waals surface area (Å²) in [6.07, 6.45) is 2.41. The second-order valence-corrected chi connectivity index (χ2v) is 7.81. The number of rotatable bonds is 10. The fraction of sp³-hybridized carbons (Fsp3) is 0.385. The van der Waals surface area contributed by atoms with Crippen LogP contribution in [-0.4, -0.2) is 43.6 Å². The lowest BCUT2D eigenvalue weighted by Crippen LogP contribution is -2.39. The van der Waals surface area contributed by atoms with Gasteiger partial charge >= 0.3 is 5.97 Å². The average Bonchev–Trinajstić information content (AvgIpc) is 2.86.